The molecular weight excluding hydrogens is 372 g/mol. The lowest BCUT2D eigenvalue weighted by Crippen LogP contribution is -2.42. The van der Waals surface area contributed by atoms with Crippen LogP contribution in [0.1, 0.15) is 52.4 Å². The minimum Gasteiger partial charge on any atom is -0.373 e. The molecule has 0 saturated carbocycles. The van der Waals surface area contributed by atoms with Gasteiger partial charge in [0.2, 0.25) is 5.91 Å². The Morgan fingerprint density at radius 2 is 2.15 bits per heavy atom. The molecule has 2 aliphatic rings. The summed E-state index contributed by atoms with van der Waals surface area (Å²) in [6.45, 7) is 5.28. The molecule has 1 saturated heterocycles. The van der Waals surface area contributed by atoms with Crippen molar-refractivity contribution in [2.24, 2.45) is 11.8 Å². The summed E-state index contributed by atoms with van der Waals surface area (Å²) in [5.74, 6) is -0.223. The van der Waals surface area contributed by atoms with E-state index < -0.39 is 0 Å². The number of hydrogen-bond donors (Lipinski definition) is 3. The molecule has 7 nitrogen and oxygen atoms in total. The fourth-order valence-corrected chi connectivity index (χ4v) is 5.32. The van der Waals surface area contributed by atoms with Gasteiger partial charge in [0.15, 0.2) is 0 Å². The summed E-state index contributed by atoms with van der Waals surface area (Å²) in [4.78, 5) is 32.1. The van der Waals surface area contributed by atoms with Crippen LogP contribution in [0.5, 0.6) is 0 Å². The van der Waals surface area contributed by atoms with Crippen LogP contribution in [0.2, 0.25) is 0 Å². The molecule has 0 aliphatic carbocycles. The number of thioether (sulfide) groups is 1. The van der Waals surface area contributed by atoms with Crippen LogP contribution >= 0.6 is 23.1 Å². The molecule has 3 N–H and O–H groups in total. The molecular formula is C17H24N4O3S2. The monoisotopic (exact) mass is 396 g/mol. The Kier molecular flexibility index (Phi) is 6.20. The quantitative estimate of drug-likeness (QED) is 0.523. The van der Waals surface area contributed by atoms with Crippen LogP contribution in [0.15, 0.2) is 11.6 Å². The minimum atomic E-state index is -0.370. The number of piperidine rings is 1. The topological polar surface area (TPSA) is 94.6 Å². The van der Waals surface area contributed by atoms with Crippen LogP contribution in [-0.2, 0) is 11.2 Å². The van der Waals surface area contributed by atoms with Gasteiger partial charge in [-0.05, 0) is 30.6 Å². The highest BCUT2D eigenvalue weighted by molar-refractivity contribution is 8.02. The van der Waals surface area contributed by atoms with Gasteiger partial charge in [-0.3, -0.25) is 14.8 Å². The molecule has 0 spiro atoms. The number of aromatic nitrogens is 1. The lowest BCUT2D eigenvalue weighted by atomic mass is 9.96. The highest BCUT2D eigenvalue weighted by Crippen LogP contribution is 2.36. The number of hydroxylamine groups is 1. The lowest BCUT2D eigenvalue weighted by Gasteiger charge is -2.30. The normalized spacial score (nSPS) is 20.5. The van der Waals surface area contributed by atoms with Crippen LogP contribution < -0.4 is 10.8 Å². The van der Waals surface area contributed by atoms with Gasteiger partial charge in [0.1, 0.15) is 16.1 Å². The Hall–Kier alpha value is -1.58. The standard InChI is InChI=1S/C17H24N4O3S2/c1-10(2)9-12-13(19-16(26-12)15-18-5-8-25-15)17(23)21-6-3-11(4-7-21)14(22)20-24/h5,8,10-11,15,18,24H,3-4,6-7,9H2,1-2H3,(H,20,22). The summed E-state index contributed by atoms with van der Waals surface area (Å²) in [6.07, 6.45) is 3.83. The maximum atomic E-state index is 13.1. The molecule has 1 atom stereocenters. The average Bonchev–Trinajstić information content (AvgIpc) is 3.30. The third-order valence-electron chi connectivity index (χ3n) is 4.53. The molecule has 26 heavy (non-hydrogen) atoms. The second-order valence-electron chi connectivity index (χ2n) is 6.95. The van der Waals surface area contributed by atoms with E-state index >= 15 is 0 Å². The van der Waals surface area contributed by atoms with Gasteiger partial charge in [0.25, 0.3) is 5.91 Å². The Bertz CT molecular complexity index is 688. The summed E-state index contributed by atoms with van der Waals surface area (Å²) in [7, 11) is 0. The number of amides is 2. The van der Waals surface area contributed by atoms with Gasteiger partial charge in [-0.2, -0.15) is 0 Å². The Balaban J connectivity index is 1.74. The van der Waals surface area contributed by atoms with Crippen molar-refractivity contribution < 1.29 is 14.8 Å². The molecule has 1 unspecified atom stereocenters. The predicted molar refractivity (Wildman–Crippen MR) is 102 cm³/mol. The predicted octanol–water partition coefficient (Wildman–Crippen LogP) is 2.51. The van der Waals surface area contributed by atoms with E-state index in [2.05, 4.69) is 24.1 Å². The van der Waals surface area contributed by atoms with Gasteiger partial charge in [-0.25, -0.2) is 10.5 Å². The third-order valence-corrected chi connectivity index (χ3v) is 6.74. The van der Waals surface area contributed by atoms with Crippen molar-refractivity contribution in [1.29, 1.82) is 0 Å². The minimum absolute atomic E-state index is 0.0537. The van der Waals surface area contributed by atoms with Crippen molar-refractivity contribution in [2.45, 2.75) is 38.5 Å². The van der Waals surface area contributed by atoms with Crippen molar-refractivity contribution in [3.63, 3.8) is 0 Å². The molecule has 1 aromatic heterocycles. The molecule has 1 aromatic rings. The van der Waals surface area contributed by atoms with Gasteiger partial charge in [-0.1, -0.05) is 13.8 Å². The summed E-state index contributed by atoms with van der Waals surface area (Å²) in [5, 5.41) is 15.0. The number of thiazole rings is 1. The molecule has 3 rings (SSSR count). The fraction of sp³-hybridized carbons (Fsp3) is 0.588. The van der Waals surface area contributed by atoms with Crippen molar-refractivity contribution >= 4 is 34.9 Å². The van der Waals surface area contributed by atoms with E-state index in [-0.39, 0.29) is 23.1 Å². The molecule has 0 aromatic carbocycles. The molecule has 9 heteroatoms. The van der Waals surface area contributed by atoms with Crippen molar-refractivity contribution in [1.82, 2.24) is 20.7 Å². The zero-order valence-corrected chi connectivity index (χ0v) is 16.5. The smallest absolute Gasteiger partial charge is 0.273 e. The molecule has 0 bridgehead atoms. The molecule has 2 amide bonds. The van der Waals surface area contributed by atoms with Crippen LogP contribution in [0, 0.1) is 11.8 Å². The van der Waals surface area contributed by atoms with E-state index in [1.165, 1.54) is 0 Å². The summed E-state index contributed by atoms with van der Waals surface area (Å²) < 4.78 is 0. The van der Waals surface area contributed by atoms with E-state index in [1.54, 1.807) is 33.5 Å². The van der Waals surface area contributed by atoms with Crippen molar-refractivity contribution in [2.75, 3.05) is 13.1 Å². The van der Waals surface area contributed by atoms with Gasteiger partial charge in [0, 0.05) is 30.1 Å². The maximum absolute atomic E-state index is 13.1. The lowest BCUT2D eigenvalue weighted by molar-refractivity contribution is -0.134. The zero-order chi connectivity index (χ0) is 18.7. The number of carbonyl (C=O) groups is 2. The second kappa shape index (κ2) is 8.41. The Labute approximate surface area is 161 Å². The van der Waals surface area contributed by atoms with Crippen LogP contribution in [0.3, 0.4) is 0 Å². The molecule has 0 radical (unpaired) electrons. The van der Waals surface area contributed by atoms with Gasteiger partial charge in [-0.15, -0.1) is 23.1 Å². The Morgan fingerprint density at radius 1 is 1.42 bits per heavy atom. The first kappa shape index (κ1) is 19.2. The molecule has 142 valence electrons. The summed E-state index contributed by atoms with van der Waals surface area (Å²) in [6, 6.07) is 0. The van der Waals surface area contributed by atoms with Crippen LogP contribution in [0.4, 0.5) is 0 Å². The number of likely N-dealkylation sites (tertiary alicyclic amines) is 1. The average molecular weight is 397 g/mol. The molecule has 3 heterocycles. The summed E-state index contributed by atoms with van der Waals surface area (Å²) in [5.41, 5.74) is 2.26. The Morgan fingerprint density at radius 3 is 2.73 bits per heavy atom. The van der Waals surface area contributed by atoms with Gasteiger partial charge >= 0.3 is 0 Å². The first-order valence-electron chi connectivity index (χ1n) is 8.79. The van der Waals surface area contributed by atoms with Gasteiger partial charge < -0.3 is 10.2 Å². The van der Waals surface area contributed by atoms with Crippen LogP contribution in [-0.4, -0.2) is 40.0 Å². The molecule has 2 aliphatic heterocycles. The molecule has 1 fully saturated rings. The maximum Gasteiger partial charge on any atom is 0.273 e. The van der Waals surface area contributed by atoms with E-state index in [0.29, 0.717) is 37.5 Å². The first-order valence-corrected chi connectivity index (χ1v) is 10.5. The number of nitrogens with one attached hydrogen (secondary N) is 2. The van der Waals surface area contributed by atoms with E-state index in [9.17, 15) is 9.59 Å². The number of rotatable bonds is 5. The van der Waals surface area contributed by atoms with E-state index in [1.807, 2.05) is 11.6 Å². The first-order chi connectivity index (χ1) is 12.5. The number of hydrogen-bond acceptors (Lipinski definition) is 7. The largest absolute Gasteiger partial charge is 0.373 e. The highest BCUT2D eigenvalue weighted by atomic mass is 32.2. The second-order valence-corrected chi connectivity index (χ2v) is 9.08. The number of nitrogens with zero attached hydrogens (tertiary/aromatic N) is 2. The van der Waals surface area contributed by atoms with Crippen molar-refractivity contribution in [3.05, 3.63) is 27.2 Å². The highest BCUT2D eigenvalue weighted by Gasteiger charge is 2.31. The van der Waals surface area contributed by atoms with Gasteiger partial charge in [0.05, 0.1) is 0 Å². The van der Waals surface area contributed by atoms with E-state index in [0.717, 1.165) is 16.3 Å². The third kappa shape index (κ3) is 4.21. The fourth-order valence-electron chi connectivity index (χ4n) is 3.16. The van der Waals surface area contributed by atoms with Crippen LogP contribution in [0.25, 0.3) is 0 Å². The van der Waals surface area contributed by atoms with Crippen molar-refractivity contribution in [3.8, 4) is 0 Å². The number of carbonyl (C=O) groups excluding carboxylic acids is 2. The summed E-state index contributed by atoms with van der Waals surface area (Å²) >= 11 is 3.26. The SMILES string of the molecule is CC(C)Cc1sc(C2NC=CS2)nc1C(=O)N1CCC(C(=O)NO)CC1. The van der Waals surface area contributed by atoms with E-state index in [4.69, 9.17) is 5.21 Å². The zero-order valence-electron chi connectivity index (χ0n) is 14.9.